The number of carbonyl (C=O) groups excluding carboxylic acids is 3. The number of benzene rings is 3. The summed E-state index contributed by atoms with van der Waals surface area (Å²) in [5.41, 5.74) is 3.07. The Labute approximate surface area is 200 Å². The predicted molar refractivity (Wildman–Crippen MR) is 130 cm³/mol. The third-order valence-corrected chi connectivity index (χ3v) is 5.86. The van der Waals surface area contributed by atoms with E-state index in [-0.39, 0.29) is 23.9 Å². The number of anilines is 1. The summed E-state index contributed by atoms with van der Waals surface area (Å²) in [6.07, 6.45) is 1.59. The summed E-state index contributed by atoms with van der Waals surface area (Å²) in [4.78, 5) is 38.7. The summed E-state index contributed by atoms with van der Waals surface area (Å²) < 4.78 is 18.8. The average Bonchev–Trinajstić information content (AvgIpc) is 3.06. The number of aryl methyl sites for hydroxylation is 1. The van der Waals surface area contributed by atoms with Gasteiger partial charge in [-0.3, -0.25) is 19.3 Å². The minimum atomic E-state index is -0.521. The number of nitrogens with zero attached hydrogens (tertiary/aromatic N) is 1. The molecule has 1 heterocycles. The van der Waals surface area contributed by atoms with Gasteiger partial charge < -0.3 is 10.1 Å². The quantitative estimate of drug-likeness (QED) is 0.463. The monoisotopic (exact) mass is 476 g/mol. The molecule has 6 nitrogen and oxygen atoms in total. The van der Waals surface area contributed by atoms with Crippen molar-refractivity contribution in [3.63, 3.8) is 0 Å². The zero-order valence-electron chi connectivity index (χ0n) is 18.3. The summed E-state index contributed by atoms with van der Waals surface area (Å²) in [5.74, 6) is -0.723. The molecule has 1 N–H and O–H groups in total. The third kappa shape index (κ3) is 5.90. The van der Waals surface area contributed by atoms with Gasteiger partial charge in [0.15, 0.2) is 0 Å². The molecule has 3 aromatic carbocycles. The molecule has 172 valence electrons. The smallest absolute Gasteiger partial charge is 0.294 e. The van der Waals surface area contributed by atoms with Crippen molar-refractivity contribution in [1.82, 2.24) is 4.90 Å². The van der Waals surface area contributed by atoms with Crippen LogP contribution >= 0.6 is 11.8 Å². The first-order valence-corrected chi connectivity index (χ1v) is 11.3. The first kappa shape index (κ1) is 23.3. The fourth-order valence-corrected chi connectivity index (χ4v) is 4.13. The highest BCUT2D eigenvalue weighted by Gasteiger charge is 2.36. The molecule has 1 saturated heterocycles. The number of amides is 3. The average molecular weight is 477 g/mol. The van der Waals surface area contributed by atoms with Crippen molar-refractivity contribution in [1.29, 1.82) is 0 Å². The number of halogens is 1. The molecule has 0 bridgehead atoms. The van der Waals surface area contributed by atoms with E-state index in [0.29, 0.717) is 17.0 Å². The molecule has 1 fully saturated rings. The van der Waals surface area contributed by atoms with Gasteiger partial charge in [0.05, 0.1) is 4.91 Å². The minimum Gasteiger partial charge on any atom is -0.489 e. The van der Waals surface area contributed by atoms with Crippen LogP contribution in [0.5, 0.6) is 5.75 Å². The number of hydrogen-bond donors (Lipinski definition) is 1. The van der Waals surface area contributed by atoms with Crippen molar-refractivity contribution < 1.29 is 23.5 Å². The van der Waals surface area contributed by atoms with Crippen LogP contribution in [0, 0.1) is 12.7 Å². The van der Waals surface area contributed by atoms with E-state index < -0.39 is 17.1 Å². The second-order valence-electron chi connectivity index (χ2n) is 7.67. The molecule has 0 unspecified atom stereocenters. The number of imide groups is 1. The number of nitrogens with one attached hydrogen (secondary N) is 1. The van der Waals surface area contributed by atoms with Gasteiger partial charge in [-0.1, -0.05) is 36.4 Å². The molecule has 0 spiro atoms. The number of ether oxygens (including phenoxy) is 1. The maximum atomic E-state index is 13.0. The Balaban J connectivity index is 1.39. The van der Waals surface area contributed by atoms with Gasteiger partial charge in [0.1, 0.15) is 24.7 Å². The van der Waals surface area contributed by atoms with E-state index in [0.717, 1.165) is 27.8 Å². The van der Waals surface area contributed by atoms with E-state index in [1.165, 1.54) is 12.1 Å². The normalized spacial score (nSPS) is 14.5. The van der Waals surface area contributed by atoms with Crippen LogP contribution in [0.3, 0.4) is 0 Å². The van der Waals surface area contributed by atoms with Crippen molar-refractivity contribution >= 4 is 40.6 Å². The lowest BCUT2D eigenvalue weighted by Gasteiger charge is -2.12. The van der Waals surface area contributed by atoms with Gasteiger partial charge in [-0.25, -0.2) is 4.39 Å². The molecule has 0 aromatic heterocycles. The number of rotatable bonds is 7. The second kappa shape index (κ2) is 10.4. The summed E-state index contributed by atoms with van der Waals surface area (Å²) in [7, 11) is 0. The minimum absolute atomic E-state index is 0.226. The molecule has 34 heavy (non-hydrogen) atoms. The fraction of sp³-hybridized carbons (Fsp3) is 0.115. The molecular formula is C26H21FN2O4S. The Morgan fingerprint density at radius 2 is 1.82 bits per heavy atom. The van der Waals surface area contributed by atoms with Gasteiger partial charge in [-0.2, -0.15) is 0 Å². The molecule has 0 aliphatic carbocycles. The van der Waals surface area contributed by atoms with Gasteiger partial charge in [0.25, 0.3) is 11.1 Å². The summed E-state index contributed by atoms with van der Waals surface area (Å²) in [6.45, 7) is 1.80. The molecular weight excluding hydrogens is 455 g/mol. The highest BCUT2D eigenvalue weighted by atomic mass is 32.2. The third-order valence-electron chi connectivity index (χ3n) is 4.95. The van der Waals surface area contributed by atoms with Crippen LogP contribution < -0.4 is 10.1 Å². The Morgan fingerprint density at radius 1 is 1.06 bits per heavy atom. The largest absolute Gasteiger partial charge is 0.489 e. The molecule has 3 amide bonds. The zero-order valence-corrected chi connectivity index (χ0v) is 19.1. The lowest BCUT2D eigenvalue weighted by molar-refractivity contribution is -0.127. The summed E-state index contributed by atoms with van der Waals surface area (Å²) in [5, 5.41) is 2.20. The van der Waals surface area contributed by atoms with E-state index in [2.05, 4.69) is 5.32 Å². The second-order valence-corrected chi connectivity index (χ2v) is 8.67. The molecule has 0 radical (unpaired) electrons. The molecule has 1 aliphatic rings. The molecule has 4 rings (SSSR count). The van der Waals surface area contributed by atoms with Gasteiger partial charge >= 0.3 is 0 Å². The van der Waals surface area contributed by atoms with Crippen LogP contribution in [0.1, 0.15) is 16.7 Å². The van der Waals surface area contributed by atoms with Crippen molar-refractivity contribution in [3.05, 3.63) is 100 Å². The number of hydrogen-bond acceptors (Lipinski definition) is 5. The first-order chi connectivity index (χ1) is 16.4. The predicted octanol–water partition coefficient (Wildman–Crippen LogP) is 5.39. The van der Waals surface area contributed by atoms with E-state index in [9.17, 15) is 18.8 Å². The van der Waals surface area contributed by atoms with Gasteiger partial charge in [-0.15, -0.1) is 0 Å². The summed E-state index contributed by atoms with van der Waals surface area (Å²) in [6, 6.07) is 20.3. The Morgan fingerprint density at radius 3 is 2.59 bits per heavy atom. The standard InChI is InChI=1S/C26H21FN2O4S/c1-17-4-2-6-21(12-17)28-24(30)15-29-25(31)23(34-26(29)32)14-19-5-3-7-22(13-19)33-16-18-8-10-20(27)11-9-18/h2-14H,15-16H2,1H3,(H,28,30). The molecule has 1 aliphatic heterocycles. The SMILES string of the molecule is Cc1cccc(NC(=O)CN2C(=O)SC(=Cc3cccc(OCc4ccc(F)cc4)c3)C2=O)c1. The van der Waals surface area contributed by atoms with Crippen LogP contribution in [0.4, 0.5) is 14.9 Å². The van der Waals surface area contributed by atoms with Crippen LogP contribution in [0.25, 0.3) is 6.08 Å². The summed E-state index contributed by atoms with van der Waals surface area (Å²) >= 11 is 0.787. The van der Waals surface area contributed by atoms with Crippen molar-refractivity contribution in [2.24, 2.45) is 0 Å². The highest BCUT2D eigenvalue weighted by Crippen LogP contribution is 2.32. The Bertz CT molecular complexity index is 1270. The molecule has 0 saturated carbocycles. The molecule has 0 atom stereocenters. The van der Waals surface area contributed by atoms with E-state index >= 15 is 0 Å². The lowest BCUT2D eigenvalue weighted by atomic mass is 10.2. The van der Waals surface area contributed by atoms with E-state index in [1.54, 1.807) is 54.6 Å². The van der Waals surface area contributed by atoms with E-state index in [1.807, 2.05) is 19.1 Å². The van der Waals surface area contributed by atoms with Crippen LogP contribution in [0.15, 0.2) is 77.7 Å². The van der Waals surface area contributed by atoms with Crippen LogP contribution in [-0.4, -0.2) is 28.5 Å². The fourth-order valence-electron chi connectivity index (χ4n) is 3.30. The van der Waals surface area contributed by atoms with E-state index in [4.69, 9.17) is 4.74 Å². The molecule has 3 aromatic rings. The Hall–Kier alpha value is -3.91. The zero-order chi connectivity index (χ0) is 24.1. The molecule has 8 heteroatoms. The first-order valence-electron chi connectivity index (χ1n) is 10.5. The number of carbonyl (C=O) groups is 3. The Kier molecular flexibility index (Phi) is 7.08. The van der Waals surface area contributed by atoms with Crippen LogP contribution in [0.2, 0.25) is 0 Å². The van der Waals surface area contributed by atoms with Gasteiger partial charge in [0.2, 0.25) is 5.91 Å². The highest BCUT2D eigenvalue weighted by molar-refractivity contribution is 8.18. The van der Waals surface area contributed by atoms with Gasteiger partial charge in [0, 0.05) is 5.69 Å². The number of thioether (sulfide) groups is 1. The van der Waals surface area contributed by atoms with Crippen molar-refractivity contribution in [3.8, 4) is 5.75 Å². The van der Waals surface area contributed by atoms with Crippen molar-refractivity contribution in [2.45, 2.75) is 13.5 Å². The topological polar surface area (TPSA) is 75.7 Å². The van der Waals surface area contributed by atoms with Crippen LogP contribution in [-0.2, 0) is 16.2 Å². The maximum Gasteiger partial charge on any atom is 0.294 e. The lowest BCUT2D eigenvalue weighted by Crippen LogP contribution is -2.36. The van der Waals surface area contributed by atoms with Gasteiger partial charge in [-0.05, 0) is 77.9 Å². The maximum absolute atomic E-state index is 13.0. The van der Waals surface area contributed by atoms with Crippen molar-refractivity contribution in [2.75, 3.05) is 11.9 Å².